The molecule has 0 bridgehead atoms. The molecule has 22 heavy (non-hydrogen) atoms. The van der Waals surface area contributed by atoms with E-state index in [-0.39, 0.29) is 5.92 Å². The number of carbonyl (C=O) groups excluding carboxylic acids is 3. The summed E-state index contributed by atoms with van der Waals surface area (Å²) in [6, 6.07) is -3.27. The molecule has 0 aliphatic rings. The third-order valence-electron chi connectivity index (χ3n) is 3.33. The van der Waals surface area contributed by atoms with Crippen LogP contribution in [0.5, 0.6) is 0 Å². The van der Waals surface area contributed by atoms with Gasteiger partial charge in [-0.25, -0.2) is 0 Å². The van der Waals surface area contributed by atoms with Gasteiger partial charge in [-0.1, -0.05) is 20.3 Å². The van der Waals surface area contributed by atoms with E-state index >= 15 is 0 Å². The summed E-state index contributed by atoms with van der Waals surface area (Å²) in [5, 5.41) is 13.3. The largest absolute Gasteiger partial charge is 0.480 e. The lowest BCUT2D eigenvalue weighted by atomic mass is 9.99. The summed E-state index contributed by atoms with van der Waals surface area (Å²) in [7, 11) is 0. The minimum Gasteiger partial charge on any atom is -0.480 e. The third-order valence-corrected chi connectivity index (χ3v) is 3.33. The van der Waals surface area contributed by atoms with E-state index in [0.29, 0.717) is 6.42 Å². The Bertz CT molecular complexity index is 440. The Labute approximate surface area is 128 Å². The average Bonchev–Trinajstić information content (AvgIpc) is 2.43. The van der Waals surface area contributed by atoms with Crippen LogP contribution in [0.2, 0.25) is 0 Å². The lowest BCUT2D eigenvalue weighted by Crippen LogP contribution is -2.55. The van der Waals surface area contributed by atoms with Crippen LogP contribution in [-0.2, 0) is 19.2 Å². The van der Waals surface area contributed by atoms with Crippen LogP contribution >= 0.6 is 0 Å². The van der Waals surface area contributed by atoms with E-state index < -0.39 is 48.2 Å². The maximum absolute atomic E-state index is 12.0. The first kappa shape index (κ1) is 19.8. The van der Waals surface area contributed by atoms with Crippen LogP contribution in [0.15, 0.2) is 0 Å². The van der Waals surface area contributed by atoms with Crippen molar-refractivity contribution < 1.29 is 24.3 Å². The number of amides is 3. The quantitative estimate of drug-likeness (QED) is 0.340. The van der Waals surface area contributed by atoms with Crippen LogP contribution in [0.25, 0.3) is 0 Å². The number of nitrogens with two attached hydrogens (primary N) is 2. The van der Waals surface area contributed by atoms with Gasteiger partial charge >= 0.3 is 5.97 Å². The molecular weight excluding hydrogens is 292 g/mol. The number of nitrogens with one attached hydrogen (secondary N) is 2. The predicted molar refractivity (Wildman–Crippen MR) is 78.4 cm³/mol. The fraction of sp³-hybridized carbons (Fsp3) is 0.692. The molecule has 0 aromatic heterocycles. The smallest absolute Gasteiger partial charge is 0.325 e. The minimum atomic E-state index is -1.26. The van der Waals surface area contributed by atoms with Crippen molar-refractivity contribution in [2.75, 3.05) is 0 Å². The van der Waals surface area contributed by atoms with E-state index in [1.54, 1.807) is 6.92 Å². The summed E-state index contributed by atoms with van der Waals surface area (Å²) in [5.74, 6) is -3.57. The molecule has 0 radical (unpaired) electrons. The molecule has 0 heterocycles. The SMILES string of the molecule is CC[C@H](C)[C@H](N)C(=O)N[C@@H](CC(N)=O)C(=O)N[C@@H](C)C(=O)O. The van der Waals surface area contributed by atoms with Crippen LogP contribution < -0.4 is 22.1 Å². The number of rotatable bonds is 9. The molecule has 0 aromatic carbocycles. The molecule has 126 valence electrons. The van der Waals surface area contributed by atoms with Crippen molar-refractivity contribution in [2.24, 2.45) is 17.4 Å². The Kier molecular flexibility index (Phi) is 8.10. The van der Waals surface area contributed by atoms with Crippen molar-refractivity contribution in [3.05, 3.63) is 0 Å². The summed E-state index contributed by atoms with van der Waals surface area (Å²) in [6.07, 6.45) is 0.217. The van der Waals surface area contributed by atoms with Gasteiger partial charge in [0, 0.05) is 0 Å². The molecule has 3 amide bonds. The Morgan fingerprint density at radius 2 is 1.64 bits per heavy atom. The van der Waals surface area contributed by atoms with Gasteiger partial charge in [-0.05, 0) is 12.8 Å². The summed E-state index contributed by atoms with van der Waals surface area (Å²) in [6.45, 7) is 4.90. The number of carbonyl (C=O) groups is 4. The van der Waals surface area contributed by atoms with Gasteiger partial charge < -0.3 is 27.2 Å². The number of carboxylic acids is 1. The van der Waals surface area contributed by atoms with E-state index in [1.165, 1.54) is 6.92 Å². The van der Waals surface area contributed by atoms with Crippen molar-refractivity contribution in [1.29, 1.82) is 0 Å². The molecule has 7 N–H and O–H groups in total. The molecule has 0 spiro atoms. The summed E-state index contributed by atoms with van der Waals surface area (Å²) in [5.41, 5.74) is 10.8. The van der Waals surface area contributed by atoms with Crippen LogP contribution in [0.3, 0.4) is 0 Å². The molecule has 0 saturated heterocycles. The van der Waals surface area contributed by atoms with Gasteiger partial charge in [-0.15, -0.1) is 0 Å². The first-order valence-electron chi connectivity index (χ1n) is 6.97. The maximum Gasteiger partial charge on any atom is 0.325 e. The number of primary amides is 1. The summed E-state index contributed by atoms with van der Waals surface area (Å²) in [4.78, 5) is 45.7. The average molecular weight is 316 g/mol. The standard InChI is InChI=1S/C13H24N4O5/c1-4-6(2)10(15)12(20)17-8(5-9(14)18)11(19)16-7(3)13(21)22/h6-8,10H,4-5,15H2,1-3H3,(H2,14,18)(H,16,19)(H,17,20)(H,21,22)/t6-,7-,8-,10-/m0/s1. The van der Waals surface area contributed by atoms with Gasteiger partial charge in [0.1, 0.15) is 12.1 Å². The normalized spacial score (nSPS) is 16.0. The Balaban J connectivity index is 4.91. The first-order chi connectivity index (χ1) is 10.1. The zero-order valence-electron chi connectivity index (χ0n) is 13.0. The number of hydrogen-bond donors (Lipinski definition) is 5. The molecule has 9 nitrogen and oxygen atoms in total. The van der Waals surface area contributed by atoms with Crippen molar-refractivity contribution in [3.63, 3.8) is 0 Å². The van der Waals surface area contributed by atoms with Crippen LogP contribution in [0.1, 0.15) is 33.6 Å². The number of hydrogen-bond acceptors (Lipinski definition) is 5. The predicted octanol–water partition coefficient (Wildman–Crippen LogP) is -1.69. The zero-order chi connectivity index (χ0) is 17.4. The van der Waals surface area contributed by atoms with Crippen LogP contribution in [0, 0.1) is 5.92 Å². The zero-order valence-corrected chi connectivity index (χ0v) is 13.0. The number of carboxylic acid groups (broad SMARTS) is 1. The van der Waals surface area contributed by atoms with Crippen molar-refractivity contribution in [2.45, 2.75) is 51.7 Å². The minimum absolute atomic E-state index is 0.116. The molecule has 9 heteroatoms. The second-order valence-electron chi connectivity index (χ2n) is 5.21. The lowest BCUT2D eigenvalue weighted by Gasteiger charge is -2.23. The molecule has 4 atom stereocenters. The summed E-state index contributed by atoms with van der Waals surface area (Å²) < 4.78 is 0. The van der Waals surface area contributed by atoms with Crippen molar-refractivity contribution in [3.8, 4) is 0 Å². The van der Waals surface area contributed by atoms with Gasteiger partial charge in [-0.3, -0.25) is 19.2 Å². The summed E-state index contributed by atoms with van der Waals surface area (Å²) >= 11 is 0. The highest BCUT2D eigenvalue weighted by atomic mass is 16.4. The number of aliphatic carboxylic acids is 1. The van der Waals surface area contributed by atoms with Crippen LogP contribution in [-0.4, -0.2) is 46.9 Å². The second kappa shape index (κ2) is 8.98. The highest BCUT2D eigenvalue weighted by Gasteiger charge is 2.28. The van der Waals surface area contributed by atoms with Gasteiger partial charge in [0.2, 0.25) is 17.7 Å². The Morgan fingerprint density at radius 3 is 2.05 bits per heavy atom. The molecule has 0 unspecified atom stereocenters. The van der Waals surface area contributed by atoms with Crippen molar-refractivity contribution in [1.82, 2.24) is 10.6 Å². The molecular formula is C13H24N4O5. The van der Waals surface area contributed by atoms with Gasteiger partial charge in [0.15, 0.2) is 0 Å². The van der Waals surface area contributed by atoms with Crippen molar-refractivity contribution >= 4 is 23.7 Å². The third kappa shape index (κ3) is 6.53. The first-order valence-corrected chi connectivity index (χ1v) is 6.97. The van der Waals surface area contributed by atoms with E-state index in [9.17, 15) is 19.2 Å². The highest BCUT2D eigenvalue weighted by Crippen LogP contribution is 2.06. The molecule has 0 fully saturated rings. The molecule has 0 saturated carbocycles. The molecule has 0 aliphatic heterocycles. The van der Waals surface area contributed by atoms with Gasteiger partial charge in [0.05, 0.1) is 12.5 Å². The molecule has 0 rings (SSSR count). The second-order valence-corrected chi connectivity index (χ2v) is 5.21. The maximum atomic E-state index is 12.0. The highest BCUT2D eigenvalue weighted by molar-refractivity contribution is 5.94. The van der Waals surface area contributed by atoms with Gasteiger partial charge in [-0.2, -0.15) is 0 Å². The van der Waals surface area contributed by atoms with E-state index in [2.05, 4.69) is 10.6 Å². The fourth-order valence-electron chi connectivity index (χ4n) is 1.57. The van der Waals surface area contributed by atoms with E-state index in [0.717, 1.165) is 0 Å². The van der Waals surface area contributed by atoms with Crippen LogP contribution in [0.4, 0.5) is 0 Å². The Hall–Kier alpha value is -2.16. The Morgan fingerprint density at radius 1 is 1.09 bits per heavy atom. The topological polar surface area (TPSA) is 165 Å². The van der Waals surface area contributed by atoms with E-state index in [4.69, 9.17) is 16.6 Å². The molecule has 0 aliphatic carbocycles. The monoisotopic (exact) mass is 316 g/mol. The fourth-order valence-corrected chi connectivity index (χ4v) is 1.57. The van der Waals surface area contributed by atoms with Gasteiger partial charge in [0.25, 0.3) is 0 Å². The molecule has 0 aromatic rings. The lowest BCUT2D eigenvalue weighted by molar-refractivity contribution is -0.141. The van der Waals surface area contributed by atoms with E-state index in [1.807, 2.05) is 6.92 Å².